The first-order valence-corrected chi connectivity index (χ1v) is 10.2. The van der Waals surface area contributed by atoms with Crippen molar-refractivity contribution in [1.82, 2.24) is 4.90 Å². The molecule has 1 aliphatic heterocycles. The molecule has 2 unspecified atom stereocenters. The van der Waals surface area contributed by atoms with E-state index in [1.807, 2.05) is 12.1 Å². The van der Waals surface area contributed by atoms with E-state index in [0.29, 0.717) is 35.8 Å². The maximum Gasteiger partial charge on any atom is 0.134 e. The van der Waals surface area contributed by atoms with Gasteiger partial charge in [0.25, 0.3) is 0 Å². The highest BCUT2D eigenvalue weighted by Crippen LogP contribution is 2.58. The van der Waals surface area contributed by atoms with Crippen molar-refractivity contribution in [2.45, 2.75) is 63.3 Å². The minimum absolute atomic E-state index is 0. The van der Waals surface area contributed by atoms with Crippen LogP contribution in [0.1, 0.15) is 56.6 Å². The lowest BCUT2D eigenvalue weighted by Gasteiger charge is -2.61. The molecule has 1 aromatic rings. The second-order valence-electron chi connectivity index (χ2n) is 9.07. The number of fused-ring (bicyclic) bond motifs is 1. The topological polar surface area (TPSA) is 40.5 Å². The van der Waals surface area contributed by atoms with Gasteiger partial charge in [0, 0.05) is 30.8 Å². The number of halogens is 1. The smallest absolute Gasteiger partial charge is 0.134 e. The number of aromatic hydroxyl groups is 1. The third kappa shape index (κ3) is 2.70. The molecule has 5 rings (SSSR count). The van der Waals surface area contributed by atoms with Crippen molar-refractivity contribution in [2.24, 2.45) is 17.8 Å². The number of rotatable bonds is 3. The molecule has 26 heavy (non-hydrogen) atoms. The van der Waals surface area contributed by atoms with Gasteiger partial charge < -0.3 is 5.11 Å². The number of piperidine rings is 1. The van der Waals surface area contributed by atoms with E-state index >= 15 is 0 Å². The highest BCUT2D eigenvalue weighted by Gasteiger charge is 2.58. The van der Waals surface area contributed by atoms with Gasteiger partial charge in [-0.1, -0.05) is 19.4 Å². The normalized spacial score (nSPS) is 36.0. The maximum atomic E-state index is 12.7. The van der Waals surface area contributed by atoms with Crippen LogP contribution in [0.25, 0.3) is 0 Å². The summed E-state index contributed by atoms with van der Waals surface area (Å²) in [4.78, 5) is 15.4. The Morgan fingerprint density at radius 3 is 2.81 bits per heavy atom. The highest BCUT2D eigenvalue weighted by atomic mass is 35.5. The summed E-state index contributed by atoms with van der Waals surface area (Å²) < 4.78 is 0. The number of Topliss-reactive ketones (excluding diaryl/α,β-unsaturated/α-hetero) is 1. The Hall–Kier alpha value is -1.06. The summed E-state index contributed by atoms with van der Waals surface area (Å²) >= 11 is 0. The summed E-state index contributed by atoms with van der Waals surface area (Å²) in [5, 5.41) is 10.1. The first-order valence-electron chi connectivity index (χ1n) is 10.2. The van der Waals surface area contributed by atoms with Crippen LogP contribution in [0, 0.1) is 17.8 Å². The number of ketones is 1. The number of carbonyl (C=O) groups is 1. The maximum absolute atomic E-state index is 12.7. The van der Waals surface area contributed by atoms with Crippen LogP contribution < -0.4 is 0 Å². The summed E-state index contributed by atoms with van der Waals surface area (Å²) in [5.41, 5.74) is 2.66. The Morgan fingerprint density at radius 2 is 2.08 bits per heavy atom. The minimum Gasteiger partial charge on any atom is -0.508 e. The molecular weight excluding hydrogens is 346 g/mol. The van der Waals surface area contributed by atoms with Gasteiger partial charge in [0.15, 0.2) is 0 Å². The first-order chi connectivity index (χ1) is 12.1. The van der Waals surface area contributed by atoms with Gasteiger partial charge >= 0.3 is 0 Å². The molecule has 2 bridgehead atoms. The van der Waals surface area contributed by atoms with Crippen LogP contribution in [0.3, 0.4) is 0 Å². The Kier molecular flexibility index (Phi) is 4.60. The zero-order valence-corrected chi connectivity index (χ0v) is 16.4. The molecule has 0 amide bonds. The van der Waals surface area contributed by atoms with Crippen molar-refractivity contribution in [1.29, 1.82) is 0 Å². The first kappa shape index (κ1) is 18.3. The predicted octanol–water partition coefficient (Wildman–Crippen LogP) is 4.10. The molecule has 3 nitrogen and oxygen atoms in total. The van der Waals surface area contributed by atoms with Crippen molar-refractivity contribution >= 4 is 18.2 Å². The van der Waals surface area contributed by atoms with Crippen LogP contribution in [0.5, 0.6) is 5.75 Å². The highest BCUT2D eigenvalue weighted by molar-refractivity contribution is 5.85. The molecule has 142 valence electrons. The average Bonchev–Trinajstić information content (AvgIpc) is 3.41. The van der Waals surface area contributed by atoms with Crippen molar-refractivity contribution < 1.29 is 9.90 Å². The van der Waals surface area contributed by atoms with Crippen LogP contribution in [0.15, 0.2) is 18.2 Å². The molecule has 1 saturated heterocycles. The largest absolute Gasteiger partial charge is 0.508 e. The molecule has 4 heteroatoms. The zero-order chi connectivity index (χ0) is 17.2. The fraction of sp³-hybridized carbons (Fsp3) is 0.682. The van der Waals surface area contributed by atoms with E-state index in [-0.39, 0.29) is 17.8 Å². The molecule has 0 aromatic heterocycles. The van der Waals surface area contributed by atoms with Crippen molar-refractivity contribution in [2.75, 3.05) is 13.1 Å². The predicted molar refractivity (Wildman–Crippen MR) is 105 cm³/mol. The summed E-state index contributed by atoms with van der Waals surface area (Å²) in [7, 11) is 0. The van der Waals surface area contributed by atoms with Gasteiger partial charge in [-0.25, -0.2) is 0 Å². The van der Waals surface area contributed by atoms with E-state index in [1.54, 1.807) is 0 Å². The summed E-state index contributed by atoms with van der Waals surface area (Å²) in [6.07, 6.45) is 7.54. The van der Waals surface area contributed by atoms with Crippen molar-refractivity contribution in [3.05, 3.63) is 29.3 Å². The number of phenols is 1. The number of hydrogen-bond acceptors (Lipinski definition) is 3. The SMILES string of the molecule is CC[C@H]1CC(=O)CC23CCN(CC4CC4)C(Cc4ccc(O)cc42)[C@H]13.Cl. The lowest BCUT2D eigenvalue weighted by atomic mass is 9.49. The molecule has 4 atom stereocenters. The van der Waals surface area contributed by atoms with Gasteiger partial charge in [0.2, 0.25) is 0 Å². The molecule has 1 heterocycles. The number of carbonyl (C=O) groups excluding carboxylic acids is 1. The summed E-state index contributed by atoms with van der Waals surface area (Å²) in [6, 6.07) is 6.53. The number of likely N-dealkylation sites (tertiary alicyclic amines) is 1. The Morgan fingerprint density at radius 1 is 1.27 bits per heavy atom. The standard InChI is InChI=1S/C22H29NO2.ClH/c1-2-15-9-18(25)12-22-7-8-23(13-14-3-4-14)20(21(15)22)10-16-5-6-17(24)11-19(16)22;/h5-6,11,14-15,20-21,24H,2-4,7-10,12-13H2,1H3;1H/t15-,20?,21-,22?;/m0./s1. The minimum atomic E-state index is -0.0208. The van der Waals surface area contributed by atoms with Gasteiger partial charge in [0.1, 0.15) is 11.5 Å². The van der Waals surface area contributed by atoms with Crippen LogP contribution >= 0.6 is 12.4 Å². The van der Waals surface area contributed by atoms with Gasteiger partial charge in [-0.05, 0) is 73.2 Å². The van der Waals surface area contributed by atoms with E-state index in [4.69, 9.17) is 0 Å². The average molecular weight is 376 g/mol. The molecule has 1 aromatic carbocycles. The lowest BCUT2D eigenvalue weighted by molar-refractivity contribution is -0.132. The van der Waals surface area contributed by atoms with Gasteiger partial charge in [-0.2, -0.15) is 0 Å². The van der Waals surface area contributed by atoms with Crippen LogP contribution in [-0.4, -0.2) is 34.9 Å². The molecule has 3 aliphatic carbocycles. The van der Waals surface area contributed by atoms with Crippen LogP contribution in [-0.2, 0) is 16.6 Å². The quantitative estimate of drug-likeness (QED) is 0.864. The number of benzene rings is 1. The Balaban J connectivity index is 0.00000168. The van der Waals surface area contributed by atoms with Crippen molar-refractivity contribution in [3.63, 3.8) is 0 Å². The fourth-order valence-corrected chi connectivity index (χ4v) is 6.44. The van der Waals surface area contributed by atoms with E-state index in [9.17, 15) is 9.90 Å². The number of phenolic OH excluding ortho intramolecular Hbond substituents is 1. The summed E-state index contributed by atoms with van der Waals surface area (Å²) in [6.45, 7) is 4.64. The van der Waals surface area contributed by atoms with Gasteiger partial charge in [-0.15, -0.1) is 12.4 Å². The third-order valence-corrected chi connectivity index (χ3v) is 7.65. The molecule has 2 saturated carbocycles. The van der Waals surface area contributed by atoms with Gasteiger partial charge in [0.05, 0.1) is 0 Å². The van der Waals surface area contributed by atoms with Gasteiger partial charge in [-0.3, -0.25) is 9.69 Å². The summed E-state index contributed by atoms with van der Waals surface area (Å²) in [5.74, 6) is 2.80. The third-order valence-electron chi connectivity index (χ3n) is 7.65. The second-order valence-corrected chi connectivity index (χ2v) is 9.07. The van der Waals surface area contributed by atoms with Crippen molar-refractivity contribution in [3.8, 4) is 5.75 Å². The molecule has 3 fully saturated rings. The van der Waals surface area contributed by atoms with Crippen LogP contribution in [0.4, 0.5) is 0 Å². The Bertz CT molecular complexity index is 716. The fourth-order valence-electron chi connectivity index (χ4n) is 6.44. The van der Waals surface area contributed by atoms with E-state index < -0.39 is 0 Å². The van der Waals surface area contributed by atoms with E-state index in [0.717, 1.165) is 38.1 Å². The molecule has 1 N–H and O–H groups in total. The molecule has 0 radical (unpaired) electrons. The van der Waals surface area contributed by atoms with E-state index in [1.165, 1.54) is 30.5 Å². The number of hydrogen-bond donors (Lipinski definition) is 1. The number of nitrogens with zero attached hydrogens (tertiary/aromatic N) is 1. The van der Waals surface area contributed by atoms with Crippen LogP contribution in [0.2, 0.25) is 0 Å². The molecule has 4 aliphatic rings. The molecule has 0 spiro atoms. The van der Waals surface area contributed by atoms with E-state index in [2.05, 4.69) is 17.9 Å². The lowest BCUT2D eigenvalue weighted by Crippen LogP contribution is -2.64. The molecular formula is C22H30ClNO2. The zero-order valence-electron chi connectivity index (χ0n) is 15.6. The Labute approximate surface area is 162 Å². The monoisotopic (exact) mass is 375 g/mol. The second kappa shape index (κ2) is 6.53.